The van der Waals surface area contributed by atoms with E-state index in [4.69, 9.17) is 15.7 Å². The lowest BCUT2D eigenvalue weighted by Gasteiger charge is -2.06. The molecule has 5 nitrogen and oxygen atoms in total. The molecular weight excluding hydrogens is 261 g/mol. The maximum Gasteiger partial charge on any atom is 0.355 e. The third kappa shape index (κ3) is 2.78. The standard InChI is InChI=1S/C14H12FN3O2/c1-18-7-11(17)5-13(18)14(19)20-8-9-2-3-12(15)10(4-9)6-16/h2-5,7H,8,17H2,1H3. The lowest BCUT2D eigenvalue weighted by Crippen LogP contribution is -2.09. The minimum Gasteiger partial charge on any atom is -0.456 e. The fraction of sp³-hybridized carbons (Fsp3) is 0.143. The van der Waals surface area contributed by atoms with Gasteiger partial charge in [0, 0.05) is 13.2 Å². The number of nitrogens with zero attached hydrogens (tertiary/aromatic N) is 2. The van der Waals surface area contributed by atoms with E-state index in [1.165, 1.54) is 24.3 Å². The zero-order valence-corrected chi connectivity index (χ0v) is 10.8. The van der Waals surface area contributed by atoms with Crippen molar-refractivity contribution in [3.63, 3.8) is 0 Å². The second-order valence-corrected chi connectivity index (χ2v) is 4.27. The second kappa shape index (κ2) is 5.45. The zero-order chi connectivity index (χ0) is 14.7. The number of benzene rings is 1. The Balaban J connectivity index is 2.08. The average molecular weight is 273 g/mol. The summed E-state index contributed by atoms with van der Waals surface area (Å²) in [6.45, 7) is -0.0428. The highest BCUT2D eigenvalue weighted by atomic mass is 19.1. The first-order valence-corrected chi connectivity index (χ1v) is 5.78. The van der Waals surface area contributed by atoms with Crippen molar-refractivity contribution in [3.05, 3.63) is 53.1 Å². The number of nitriles is 1. The molecule has 0 amide bonds. The number of halogens is 1. The van der Waals surface area contributed by atoms with Crippen LogP contribution in [0, 0.1) is 17.1 Å². The summed E-state index contributed by atoms with van der Waals surface area (Å²) in [7, 11) is 1.68. The molecule has 6 heteroatoms. The van der Waals surface area contributed by atoms with Gasteiger partial charge in [0.25, 0.3) is 0 Å². The zero-order valence-electron chi connectivity index (χ0n) is 10.8. The van der Waals surface area contributed by atoms with Gasteiger partial charge in [-0.3, -0.25) is 0 Å². The molecule has 2 rings (SSSR count). The summed E-state index contributed by atoms with van der Waals surface area (Å²) in [6.07, 6.45) is 1.60. The summed E-state index contributed by atoms with van der Waals surface area (Å²) >= 11 is 0. The fourth-order valence-electron chi connectivity index (χ4n) is 1.76. The van der Waals surface area contributed by atoms with Crippen molar-refractivity contribution < 1.29 is 13.9 Å². The van der Waals surface area contributed by atoms with Crippen molar-refractivity contribution in [1.29, 1.82) is 5.26 Å². The molecule has 0 aliphatic rings. The van der Waals surface area contributed by atoms with E-state index in [9.17, 15) is 9.18 Å². The quantitative estimate of drug-likeness (QED) is 0.867. The van der Waals surface area contributed by atoms with Gasteiger partial charge in [0.15, 0.2) is 0 Å². The number of ether oxygens (including phenoxy) is 1. The number of hydrogen-bond acceptors (Lipinski definition) is 4. The Morgan fingerprint density at radius 3 is 2.85 bits per heavy atom. The number of aromatic nitrogens is 1. The molecule has 0 fully saturated rings. The first kappa shape index (κ1) is 13.6. The van der Waals surface area contributed by atoms with Gasteiger partial charge in [-0.15, -0.1) is 0 Å². The molecule has 2 aromatic rings. The van der Waals surface area contributed by atoms with Crippen molar-refractivity contribution in [3.8, 4) is 6.07 Å². The van der Waals surface area contributed by atoms with Crippen LogP contribution in [0.2, 0.25) is 0 Å². The predicted octanol–water partition coefficient (Wildman–Crippen LogP) is 1.98. The minimum absolute atomic E-state index is 0.0428. The predicted molar refractivity (Wildman–Crippen MR) is 70.1 cm³/mol. The van der Waals surface area contributed by atoms with Crippen molar-refractivity contribution in [1.82, 2.24) is 4.57 Å². The Morgan fingerprint density at radius 2 is 2.25 bits per heavy atom. The van der Waals surface area contributed by atoms with Crippen LogP contribution >= 0.6 is 0 Å². The normalized spacial score (nSPS) is 10.1. The van der Waals surface area contributed by atoms with Crippen LogP contribution in [0.3, 0.4) is 0 Å². The maximum atomic E-state index is 13.1. The number of carbonyl (C=O) groups excluding carboxylic acids is 1. The van der Waals surface area contributed by atoms with Gasteiger partial charge in [-0.25, -0.2) is 9.18 Å². The molecule has 0 aliphatic carbocycles. The average Bonchev–Trinajstić information content (AvgIpc) is 2.76. The van der Waals surface area contributed by atoms with E-state index in [2.05, 4.69) is 0 Å². The van der Waals surface area contributed by atoms with E-state index >= 15 is 0 Å². The molecular formula is C14H12FN3O2. The lowest BCUT2D eigenvalue weighted by atomic mass is 10.1. The molecule has 1 heterocycles. The van der Waals surface area contributed by atoms with Crippen LogP contribution in [0.25, 0.3) is 0 Å². The van der Waals surface area contributed by atoms with E-state index in [0.717, 1.165) is 0 Å². The van der Waals surface area contributed by atoms with Gasteiger partial charge >= 0.3 is 5.97 Å². The van der Waals surface area contributed by atoms with E-state index in [0.29, 0.717) is 16.9 Å². The van der Waals surface area contributed by atoms with Crippen LogP contribution in [-0.4, -0.2) is 10.5 Å². The Labute approximate surface area is 115 Å². The summed E-state index contributed by atoms with van der Waals surface area (Å²) in [5.74, 6) is -1.13. The second-order valence-electron chi connectivity index (χ2n) is 4.27. The molecule has 1 aromatic heterocycles. The van der Waals surface area contributed by atoms with Crippen molar-refractivity contribution in [2.75, 3.05) is 5.73 Å². The third-order valence-corrected chi connectivity index (χ3v) is 2.76. The third-order valence-electron chi connectivity index (χ3n) is 2.76. The number of anilines is 1. The Bertz CT molecular complexity index is 701. The fourth-order valence-corrected chi connectivity index (χ4v) is 1.76. The van der Waals surface area contributed by atoms with E-state index < -0.39 is 11.8 Å². The number of rotatable bonds is 3. The molecule has 1 aromatic carbocycles. The monoisotopic (exact) mass is 273 g/mol. The Hall–Kier alpha value is -2.81. The van der Waals surface area contributed by atoms with Gasteiger partial charge in [-0.1, -0.05) is 6.07 Å². The highest BCUT2D eigenvalue weighted by molar-refractivity contribution is 5.89. The minimum atomic E-state index is -0.599. The van der Waals surface area contributed by atoms with Crippen molar-refractivity contribution >= 4 is 11.7 Å². The van der Waals surface area contributed by atoms with E-state index in [1.807, 2.05) is 0 Å². The summed E-state index contributed by atoms with van der Waals surface area (Å²) in [5, 5.41) is 8.72. The number of nitrogen functional groups attached to an aromatic ring is 1. The van der Waals surface area contributed by atoms with Crippen molar-refractivity contribution in [2.24, 2.45) is 7.05 Å². The molecule has 0 radical (unpaired) electrons. The Morgan fingerprint density at radius 1 is 1.50 bits per heavy atom. The first-order valence-electron chi connectivity index (χ1n) is 5.78. The largest absolute Gasteiger partial charge is 0.456 e. The first-order chi connectivity index (χ1) is 9.51. The van der Waals surface area contributed by atoms with Gasteiger partial charge in [0.05, 0.1) is 11.3 Å². The van der Waals surface area contributed by atoms with Gasteiger partial charge in [-0.2, -0.15) is 5.26 Å². The molecule has 0 saturated carbocycles. The SMILES string of the molecule is Cn1cc(N)cc1C(=O)OCc1ccc(F)c(C#N)c1. The summed E-state index contributed by atoms with van der Waals surface area (Å²) in [5.41, 5.74) is 6.82. The highest BCUT2D eigenvalue weighted by Crippen LogP contribution is 2.13. The maximum absolute atomic E-state index is 13.1. The lowest BCUT2D eigenvalue weighted by molar-refractivity contribution is 0.0461. The van der Waals surface area contributed by atoms with Crippen LogP contribution in [0.1, 0.15) is 21.6 Å². The van der Waals surface area contributed by atoms with Crippen LogP contribution in [0.15, 0.2) is 30.5 Å². The van der Waals surface area contributed by atoms with Crippen LogP contribution in [0.5, 0.6) is 0 Å². The van der Waals surface area contributed by atoms with Crippen LogP contribution in [0.4, 0.5) is 10.1 Å². The molecule has 2 N–H and O–H groups in total. The van der Waals surface area contributed by atoms with Gasteiger partial charge < -0.3 is 15.0 Å². The van der Waals surface area contributed by atoms with E-state index in [-0.39, 0.29) is 12.2 Å². The number of nitrogens with two attached hydrogens (primary N) is 1. The smallest absolute Gasteiger partial charge is 0.355 e. The number of carbonyl (C=O) groups is 1. The summed E-state index contributed by atoms with van der Waals surface area (Å²) in [6, 6.07) is 7.22. The molecule has 0 bridgehead atoms. The Kier molecular flexibility index (Phi) is 3.71. The van der Waals surface area contributed by atoms with Gasteiger partial charge in [-0.05, 0) is 23.8 Å². The van der Waals surface area contributed by atoms with Crippen molar-refractivity contribution in [2.45, 2.75) is 6.61 Å². The number of hydrogen-bond donors (Lipinski definition) is 1. The number of esters is 1. The number of aryl methyl sites for hydroxylation is 1. The van der Waals surface area contributed by atoms with Crippen LogP contribution < -0.4 is 5.73 Å². The highest BCUT2D eigenvalue weighted by Gasteiger charge is 2.13. The topological polar surface area (TPSA) is 81.0 Å². The molecule has 0 atom stereocenters. The molecule has 102 valence electrons. The molecule has 0 aliphatic heterocycles. The molecule has 20 heavy (non-hydrogen) atoms. The summed E-state index contributed by atoms with van der Waals surface area (Å²) < 4.78 is 19.8. The molecule has 0 saturated heterocycles. The van der Waals surface area contributed by atoms with Gasteiger partial charge in [0.2, 0.25) is 0 Å². The molecule has 0 spiro atoms. The molecule has 0 unspecified atom stereocenters. The van der Waals surface area contributed by atoms with Gasteiger partial charge in [0.1, 0.15) is 24.2 Å². The van der Waals surface area contributed by atoms with E-state index in [1.54, 1.807) is 23.9 Å². The van der Waals surface area contributed by atoms with Crippen LogP contribution in [-0.2, 0) is 18.4 Å². The summed E-state index contributed by atoms with van der Waals surface area (Å²) in [4.78, 5) is 11.8.